The van der Waals surface area contributed by atoms with Gasteiger partial charge in [-0.05, 0) is 23.3 Å². The fraction of sp³-hybridized carbons (Fsp3) is 0.143. The van der Waals surface area contributed by atoms with Gasteiger partial charge in [-0.1, -0.05) is 90.6 Å². The number of hydrogen-bond donors (Lipinski definition) is 1. The van der Waals surface area contributed by atoms with Gasteiger partial charge in [-0.15, -0.1) is 10.2 Å². The van der Waals surface area contributed by atoms with Crippen LogP contribution >= 0.6 is 11.8 Å². The van der Waals surface area contributed by atoms with E-state index in [1.54, 1.807) is 6.20 Å². The maximum Gasteiger partial charge on any atom is 0.231 e. The number of aryl methyl sites for hydroxylation is 1. The van der Waals surface area contributed by atoms with Crippen molar-refractivity contribution in [3.8, 4) is 5.69 Å². The van der Waals surface area contributed by atoms with Gasteiger partial charge < -0.3 is 9.88 Å². The van der Waals surface area contributed by atoms with Crippen molar-refractivity contribution in [2.75, 3.05) is 5.75 Å². The SMILES string of the molecule is Cn1ccnc1C(NC(=O)CSc1nnc(Cc2ccccc2)n1-c1ccccc1)c1ccccc1. The van der Waals surface area contributed by atoms with Crippen LogP contribution in [0.15, 0.2) is 109 Å². The van der Waals surface area contributed by atoms with Crippen LogP contribution in [0.2, 0.25) is 0 Å². The van der Waals surface area contributed by atoms with E-state index in [0.717, 1.165) is 28.5 Å². The maximum absolute atomic E-state index is 13.1. The van der Waals surface area contributed by atoms with Crippen molar-refractivity contribution in [2.45, 2.75) is 17.6 Å². The predicted octanol–water partition coefficient (Wildman–Crippen LogP) is 4.59. The molecule has 0 radical (unpaired) electrons. The number of nitrogens with zero attached hydrogens (tertiary/aromatic N) is 5. The van der Waals surface area contributed by atoms with Crippen molar-refractivity contribution in [3.63, 3.8) is 0 Å². The summed E-state index contributed by atoms with van der Waals surface area (Å²) in [4.78, 5) is 17.6. The molecular weight excluding hydrogens is 468 g/mol. The molecule has 1 atom stereocenters. The van der Waals surface area contributed by atoms with Crippen molar-refractivity contribution in [3.05, 3.63) is 126 Å². The Morgan fingerprint density at radius 3 is 2.25 bits per heavy atom. The van der Waals surface area contributed by atoms with E-state index >= 15 is 0 Å². The minimum absolute atomic E-state index is 0.107. The second-order valence-corrected chi connectivity index (χ2v) is 9.27. The minimum atomic E-state index is -0.347. The number of aromatic nitrogens is 5. The quantitative estimate of drug-likeness (QED) is 0.303. The Labute approximate surface area is 214 Å². The highest BCUT2D eigenvalue weighted by Gasteiger charge is 2.22. The van der Waals surface area contributed by atoms with Crippen molar-refractivity contribution in [1.82, 2.24) is 29.6 Å². The first-order chi connectivity index (χ1) is 17.7. The Balaban J connectivity index is 1.36. The van der Waals surface area contributed by atoms with Gasteiger partial charge >= 0.3 is 0 Å². The van der Waals surface area contributed by atoms with E-state index < -0.39 is 0 Å². The van der Waals surface area contributed by atoms with Gasteiger partial charge in [-0.2, -0.15) is 0 Å². The normalized spacial score (nSPS) is 11.8. The number of amides is 1. The molecule has 5 aromatic rings. The zero-order valence-electron chi connectivity index (χ0n) is 19.9. The smallest absolute Gasteiger partial charge is 0.231 e. The zero-order valence-corrected chi connectivity index (χ0v) is 20.7. The first-order valence-electron chi connectivity index (χ1n) is 11.7. The summed E-state index contributed by atoms with van der Waals surface area (Å²) in [6.45, 7) is 0. The van der Waals surface area contributed by atoms with Crippen LogP contribution in [0.1, 0.15) is 28.8 Å². The number of thioether (sulfide) groups is 1. The van der Waals surface area contributed by atoms with Gasteiger partial charge in [0.2, 0.25) is 5.91 Å². The van der Waals surface area contributed by atoms with Gasteiger partial charge in [0.05, 0.1) is 5.75 Å². The van der Waals surface area contributed by atoms with E-state index in [4.69, 9.17) is 0 Å². The molecule has 1 N–H and O–H groups in total. The number of imidazole rings is 1. The van der Waals surface area contributed by atoms with Gasteiger partial charge in [0.15, 0.2) is 5.16 Å². The van der Waals surface area contributed by atoms with Crippen LogP contribution in [0.5, 0.6) is 0 Å². The third-order valence-electron chi connectivity index (χ3n) is 5.81. The van der Waals surface area contributed by atoms with E-state index in [-0.39, 0.29) is 17.7 Å². The number of hydrogen-bond acceptors (Lipinski definition) is 5. The molecule has 1 amide bonds. The molecule has 3 aromatic carbocycles. The molecule has 0 aliphatic carbocycles. The highest BCUT2D eigenvalue weighted by atomic mass is 32.2. The monoisotopic (exact) mass is 494 g/mol. The van der Waals surface area contributed by atoms with E-state index in [9.17, 15) is 4.79 Å². The number of rotatable bonds is 9. The number of carbonyl (C=O) groups excluding carboxylic acids is 1. The molecule has 0 aliphatic heterocycles. The fourth-order valence-electron chi connectivity index (χ4n) is 4.05. The van der Waals surface area contributed by atoms with Crippen molar-refractivity contribution in [2.24, 2.45) is 7.05 Å². The Kier molecular flexibility index (Phi) is 7.23. The largest absolute Gasteiger partial charge is 0.341 e. The van der Waals surface area contributed by atoms with E-state index in [1.165, 1.54) is 11.8 Å². The minimum Gasteiger partial charge on any atom is -0.341 e. The van der Waals surface area contributed by atoms with Gasteiger partial charge in [-0.25, -0.2) is 4.98 Å². The lowest BCUT2D eigenvalue weighted by molar-refractivity contribution is -0.119. The predicted molar refractivity (Wildman–Crippen MR) is 141 cm³/mol. The molecule has 0 aliphatic rings. The summed E-state index contributed by atoms with van der Waals surface area (Å²) in [7, 11) is 1.93. The number of para-hydroxylation sites is 1. The molecule has 36 heavy (non-hydrogen) atoms. The lowest BCUT2D eigenvalue weighted by Gasteiger charge is -2.19. The third kappa shape index (κ3) is 5.39. The van der Waals surface area contributed by atoms with Crippen LogP contribution in [0.25, 0.3) is 5.69 Å². The second kappa shape index (κ2) is 11.0. The summed E-state index contributed by atoms with van der Waals surface area (Å²) in [5.41, 5.74) is 3.09. The van der Waals surface area contributed by atoms with Crippen molar-refractivity contribution >= 4 is 17.7 Å². The first kappa shape index (κ1) is 23.6. The highest BCUT2D eigenvalue weighted by molar-refractivity contribution is 7.99. The Morgan fingerprint density at radius 2 is 1.58 bits per heavy atom. The average Bonchev–Trinajstić information content (AvgIpc) is 3.53. The average molecular weight is 495 g/mol. The van der Waals surface area contributed by atoms with Gasteiger partial charge in [0.1, 0.15) is 17.7 Å². The lowest BCUT2D eigenvalue weighted by atomic mass is 10.1. The molecule has 7 nitrogen and oxygen atoms in total. The molecule has 0 saturated heterocycles. The van der Waals surface area contributed by atoms with Gasteiger partial charge in [0, 0.05) is 31.5 Å². The summed E-state index contributed by atoms with van der Waals surface area (Å²) in [5, 5.41) is 12.7. The molecule has 1 unspecified atom stereocenters. The van der Waals surface area contributed by atoms with Crippen LogP contribution in [-0.2, 0) is 18.3 Å². The Morgan fingerprint density at radius 1 is 0.917 bits per heavy atom. The lowest BCUT2D eigenvalue weighted by Crippen LogP contribution is -2.32. The molecule has 5 rings (SSSR count). The Hall–Kier alpha value is -4.17. The number of carbonyl (C=O) groups is 1. The third-order valence-corrected chi connectivity index (χ3v) is 6.74. The molecule has 0 bridgehead atoms. The number of benzene rings is 3. The molecule has 180 valence electrons. The first-order valence-corrected chi connectivity index (χ1v) is 12.7. The topological polar surface area (TPSA) is 77.6 Å². The Bertz CT molecular complexity index is 1420. The summed E-state index contributed by atoms with van der Waals surface area (Å²) >= 11 is 1.37. The maximum atomic E-state index is 13.1. The van der Waals surface area contributed by atoms with Crippen LogP contribution < -0.4 is 5.32 Å². The highest BCUT2D eigenvalue weighted by Crippen LogP contribution is 2.25. The van der Waals surface area contributed by atoms with Crippen molar-refractivity contribution < 1.29 is 4.79 Å². The second-order valence-electron chi connectivity index (χ2n) is 8.33. The summed E-state index contributed by atoms with van der Waals surface area (Å²) in [6.07, 6.45) is 4.26. The van der Waals surface area contributed by atoms with E-state index in [2.05, 4.69) is 32.6 Å². The molecule has 2 heterocycles. The summed E-state index contributed by atoms with van der Waals surface area (Å²) < 4.78 is 3.95. The molecule has 0 spiro atoms. The zero-order chi connectivity index (χ0) is 24.7. The fourth-order valence-corrected chi connectivity index (χ4v) is 4.84. The van der Waals surface area contributed by atoms with Crippen LogP contribution in [0.3, 0.4) is 0 Å². The van der Waals surface area contributed by atoms with Crippen LogP contribution in [0, 0.1) is 0 Å². The van der Waals surface area contributed by atoms with E-state index in [1.807, 2.05) is 101 Å². The summed E-state index contributed by atoms with van der Waals surface area (Å²) in [5.74, 6) is 1.69. The van der Waals surface area contributed by atoms with Gasteiger partial charge in [-0.3, -0.25) is 9.36 Å². The number of nitrogens with one attached hydrogen (secondary N) is 1. The summed E-state index contributed by atoms with van der Waals surface area (Å²) in [6, 6.07) is 29.7. The molecule has 2 aromatic heterocycles. The van der Waals surface area contributed by atoms with Crippen LogP contribution in [-0.4, -0.2) is 36.0 Å². The molecular formula is C28H26N6OS. The van der Waals surface area contributed by atoms with Gasteiger partial charge in [0.25, 0.3) is 0 Å². The van der Waals surface area contributed by atoms with Crippen LogP contribution in [0.4, 0.5) is 0 Å². The van der Waals surface area contributed by atoms with E-state index in [0.29, 0.717) is 11.6 Å². The molecule has 0 fully saturated rings. The standard InChI is InChI=1S/C28H26N6OS/c1-33-18-17-29-27(33)26(22-13-7-3-8-14-22)30-25(35)20-36-28-32-31-24(19-21-11-5-2-6-12-21)34(28)23-15-9-4-10-16-23/h2-18,26H,19-20H2,1H3,(H,30,35). The molecule has 0 saturated carbocycles. The molecule has 8 heteroatoms. The van der Waals surface area contributed by atoms with Crippen molar-refractivity contribution in [1.29, 1.82) is 0 Å².